The molecule has 14 heavy (non-hydrogen) atoms. The summed E-state index contributed by atoms with van der Waals surface area (Å²) < 4.78 is 5.81. The molecule has 3 nitrogen and oxygen atoms in total. The summed E-state index contributed by atoms with van der Waals surface area (Å²) in [5, 5.41) is 0. The highest BCUT2D eigenvalue weighted by Gasteiger charge is 2.30. The summed E-state index contributed by atoms with van der Waals surface area (Å²) >= 11 is 0. The Bertz CT molecular complexity index is 188. The quantitative estimate of drug-likeness (QED) is 0.714. The summed E-state index contributed by atoms with van der Waals surface area (Å²) in [4.78, 5) is 2.46. The Kier molecular flexibility index (Phi) is 3.10. The molecule has 4 atom stereocenters. The molecule has 2 fully saturated rings. The summed E-state index contributed by atoms with van der Waals surface area (Å²) in [5.41, 5.74) is 5.99. The van der Waals surface area contributed by atoms with Crippen molar-refractivity contribution < 1.29 is 4.74 Å². The molecule has 0 radical (unpaired) electrons. The number of nitrogens with zero attached hydrogens (tertiary/aromatic N) is 1. The molecule has 0 saturated carbocycles. The van der Waals surface area contributed by atoms with E-state index in [9.17, 15) is 0 Å². The first-order valence-electron chi connectivity index (χ1n) is 5.78. The topological polar surface area (TPSA) is 38.5 Å². The van der Waals surface area contributed by atoms with Crippen molar-refractivity contribution in [1.29, 1.82) is 0 Å². The lowest BCUT2D eigenvalue weighted by molar-refractivity contribution is 0.0354. The van der Waals surface area contributed by atoms with Gasteiger partial charge < -0.3 is 10.5 Å². The SMILES string of the molecule is CC1CCC(CN2CC(C)C(N)C2)O1. The molecule has 2 heterocycles. The third-order valence-electron chi connectivity index (χ3n) is 3.53. The maximum atomic E-state index is 5.99. The molecule has 0 aliphatic carbocycles. The average Bonchev–Trinajstić information content (AvgIpc) is 2.62. The minimum atomic E-state index is 0.369. The van der Waals surface area contributed by atoms with Crippen LogP contribution in [-0.4, -0.2) is 42.8 Å². The van der Waals surface area contributed by atoms with E-state index < -0.39 is 0 Å². The van der Waals surface area contributed by atoms with Gasteiger partial charge in [-0.2, -0.15) is 0 Å². The summed E-state index contributed by atoms with van der Waals surface area (Å²) in [7, 11) is 0. The highest BCUT2D eigenvalue weighted by Crippen LogP contribution is 2.22. The van der Waals surface area contributed by atoms with Gasteiger partial charge in [0.1, 0.15) is 0 Å². The monoisotopic (exact) mass is 198 g/mol. The van der Waals surface area contributed by atoms with E-state index in [1.165, 1.54) is 12.8 Å². The summed E-state index contributed by atoms with van der Waals surface area (Å²) in [5.74, 6) is 0.647. The van der Waals surface area contributed by atoms with Crippen LogP contribution in [0, 0.1) is 5.92 Å². The van der Waals surface area contributed by atoms with Crippen LogP contribution in [0.5, 0.6) is 0 Å². The van der Waals surface area contributed by atoms with E-state index in [0.29, 0.717) is 24.2 Å². The van der Waals surface area contributed by atoms with Gasteiger partial charge >= 0.3 is 0 Å². The number of hydrogen-bond donors (Lipinski definition) is 1. The van der Waals surface area contributed by atoms with Crippen LogP contribution in [0.2, 0.25) is 0 Å². The van der Waals surface area contributed by atoms with Crippen molar-refractivity contribution in [1.82, 2.24) is 4.90 Å². The Morgan fingerprint density at radius 1 is 1.29 bits per heavy atom. The van der Waals surface area contributed by atoms with Gasteiger partial charge in [0, 0.05) is 25.7 Å². The van der Waals surface area contributed by atoms with E-state index in [1.54, 1.807) is 0 Å². The first kappa shape index (κ1) is 10.4. The lowest BCUT2D eigenvalue weighted by Gasteiger charge is -2.20. The second kappa shape index (κ2) is 4.17. The molecule has 0 aromatic carbocycles. The summed E-state index contributed by atoms with van der Waals surface area (Å²) in [6.07, 6.45) is 3.37. The van der Waals surface area contributed by atoms with Gasteiger partial charge in [0.05, 0.1) is 12.2 Å². The standard InChI is InChI=1S/C11H22N2O/c1-8-5-13(7-11(8)12)6-10-4-3-9(2)14-10/h8-11H,3-7,12H2,1-2H3. The third-order valence-corrected chi connectivity index (χ3v) is 3.53. The second-order valence-electron chi connectivity index (χ2n) is 5.01. The highest BCUT2D eigenvalue weighted by atomic mass is 16.5. The summed E-state index contributed by atoms with van der Waals surface area (Å²) in [6, 6.07) is 0.369. The van der Waals surface area contributed by atoms with Crippen LogP contribution in [0.25, 0.3) is 0 Å². The van der Waals surface area contributed by atoms with Crippen molar-refractivity contribution >= 4 is 0 Å². The lowest BCUT2D eigenvalue weighted by Crippen LogP contribution is -2.33. The van der Waals surface area contributed by atoms with Crippen molar-refractivity contribution in [2.24, 2.45) is 11.7 Å². The van der Waals surface area contributed by atoms with Crippen LogP contribution >= 0.6 is 0 Å². The van der Waals surface area contributed by atoms with Crippen molar-refractivity contribution in [2.75, 3.05) is 19.6 Å². The Morgan fingerprint density at radius 3 is 2.57 bits per heavy atom. The van der Waals surface area contributed by atoms with Gasteiger partial charge in [-0.3, -0.25) is 4.90 Å². The number of ether oxygens (including phenoxy) is 1. The zero-order valence-corrected chi connectivity index (χ0v) is 9.28. The molecule has 0 aromatic heterocycles. The van der Waals surface area contributed by atoms with Gasteiger partial charge in [-0.15, -0.1) is 0 Å². The Morgan fingerprint density at radius 2 is 2.07 bits per heavy atom. The highest BCUT2D eigenvalue weighted by molar-refractivity contribution is 4.86. The molecule has 2 N–H and O–H groups in total. The molecule has 0 spiro atoms. The van der Waals surface area contributed by atoms with Crippen LogP contribution in [0.3, 0.4) is 0 Å². The molecule has 82 valence electrons. The molecule has 3 heteroatoms. The third kappa shape index (κ3) is 2.27. The molecule has 4 unspecified atom stereocenters. The smallest absolute Gasteiger partial charge is 0.0706 e. The van der Waals surface area contributed by atoms with Gasteiger partial charge in [-0.25, -0.2) is 0 Å². The number of rotatable bonds is 2. The van der Waals surface area contributed by atoms with Crippen molar-refractivity contribution in [3.8, 4) is 0 Å². The summed E-state index contributed by atoms with van der Waals surface area (Å²) in [6.45, 7) is 7.69. The Labute approximate surface area is 86.6 Å². The normalized spacial score (nSPS) is 44.8. The van der Waals surface area contributed by atoms with Gasteiger partial charge in [-0.05, 0) is 25.7 Å². The van der Waals surface area contributed by atoms with Gasteiger partial charge in [-0.1, -0.05) is 6.92 Å². The van der Waals surface area contributed by atoms with Gasteiger partial charge in [0.25, 0.3) is 0 Å². The van der Waals surface area contributed by atoms with E-state index in [2.05, 4.69) is 18.7 Å². The fraction of sp³-hybridized carbons (Fsp3) is 1.00. The molecule has 2 aliphatic rings. The molecular weight excluding hydrogens is 176 g/mol. The van der Waals surface area contributed by atoms with Crippen molar-refractivity contribution in [3.63, 3.8) is 0 Å². The largest absolute Gasteiger partial charge is 0.374 e. The van der Waals surface area contributed by atoms with Gasteiger partial charge in [0.2, 0.25) is 0 Å². The van der Waals surface area contributed by atoms with E-state index in [1.807, 2.05) is 0 Å². The predicted molar refractivity (Wildman–Crippen MR) is 57.1 cm³/mol. The van der Waals surface area contributed by atoms with E-state index >= 15 is 0 Å². The molecule has 2 rings (SSSR count). The molecule has 2 aliphatic heterocycles. The molecular formula is C11H22N2O. The van der Waals surface area contributed by atoms with Crippen molar-refractivity contribution in [3.05, 3.63) is 0 Å². The van der Waals surface area contributed by atoms with E-state index in [-0.39, 0.29) is 0 Å². The van der Waals surface area contributed by atoms with Gasteiger partial charge in [0.15, 0.2) is 0 Å². The molecule has 0 aromatic rings. The Balaban J connectivity index is 1.76. The van der Waals surface area contributed by atoms with E-state index in [0.717, 1.165) is 19.6 Å². The van der Waals surface area contributed by atoms with Crippen LogP contribution < -0.4 is 5.73 Å². The Hall–Kier alpha value is -0.120. The fourth-order valence-corrected chi connectivity index (χ4v) is 2.55. The minimum absolute atomic E-state index is 0.369. The van der Waals surface area contributed by atoms with Crippen LogP contribution in [-0.2, 0) is 4.74 Å². The number of hydrogen-bond acceptors (Lipinski definition) is 3. The maximum absolute atomic E-state index is 5.99. The first-order valence-corrected chi connectivity index (χ1v) is 5.78. The first-order chi connectivity index (χ1) is 6.65. The predicted octanol–water partition coefficient (Wildman–Crippen LogP) is 0.833. The second-order valence-corrected chi connectivity index (χ2v) is 5.01. The lowest BCUT2D eigenvalue weighted by atomic mass is 10.1. The molecule has 0 amide bonds. The molecule has 0 bridgehead atoms. The molecule has 2 saturated heterocycles. The fourth-order valence-electron chi connectivity index (χ4n) is 2.55. The zero-order valence-electron chi connectivity index (χ0n) is 9.28. The zero-order chi connectivity index (χ0) is 10.1. The average molecular weight is 198 g/mol. The van der Waals surface area contributed by atoms with Crippen LogP contribution in [0.4, 0.5) is 0 Å². The van der Waals surface area contributed by atoms with E-state index in [4.69, 9.17) is 10.5 Å². The minimum Gasteiger partial charge on any atom is -0.374 e. The van der Waals surface area contributed by atoms with Crippen molar-refractivity contribution in [2.45, 2.75) is 44.9 Å². The van der Waals surface area contributed by atoms with Crippen LogP contribution in [0.1, 0.15) is 26.7 Å². The number of likely N-dealkylation sites (tertiary alicyclic amines) is 1. The number of nitrogens with two attached hydrogens (primary N) is 1. The maximum Gasteiger partial charge on any atom is 0.0706 e. The van der Waals surface area contributed by atoms with Crippen LogP contribution in [0.15, 0.2) is 0 Å².